The zero-order chi connectivity index (χ0) is 17.9. The molecule has 0 aromatic heterocycles. The highest BCUT2D eigenvalue weighted by Crippen LogP contribution is 2.32. The average Bonchev–Trinajstić information content (AvgIpc) is 2.96. The summed E-state index contributed by atoms with van der Waals surface area (Å²) in [5.41, 5.74) is 4.03. The standard InChI is InChI=1S/C21H26N4O/c1-22-21(26)23-18-11-19-15-25(12-16-7-3-2-4-8-16)20-10-6-5-9-17(20)13-24(19)14-18/h2-10,18-19H,11-15H2,1H3,(H2,22,23,26)/t18-,19-/m0/s1. The Kier molecular flexibility index (Phi) is 4.80. The highest BCUT2D eigenvalue weighted by molar-refractivity contribution is 5.73. The molecular weight excluding hydrogens is 324 g/mol. The molecular formula is C21H26N4O. The van der Waals surface area contributed by atoms with Crippen molar-refractivity contribution in [1.29, 1.82) is 0 Å². The van der Waals surface area contributed by atoms with Crippen molar-refractivity contribution in [1.82, 2.24) is 15.5 Å². The van der Waals surface area contributed by atoms with E-state index in [2.05, 4.69) is 75.0 Å². The van der Waals surface area contributed by atoms with Crippen molar-refractivity contribution in [2.45, 2.75) is 31.6 Å². The van der Waals surface area contributed by atoms with Crippen molar-refractivity contribution >= 4 is 11.7 Å². The second-order valence-corrected chi connectivity index (χ2v) is 7.23. The third-order valence-electron chi connectivity index (χ3n) is 5.44. The van der Waals surface area contributed by atoms with Crippen LogP contribution in [0.3, 0.4) is 0 Å². The number of urea groups is 1. The topological polar surface area (TPSA) is 47.6 Å². The number of carbonyl (C=O) groups excluding carboxylic acids is 1. The summed E-state index contributed by atoms with van der Waals surface area (Å²) in [6, 6.07) is 19.9. The summed E-state index contributed by atoms with van der Waals surface area (Å²) in [4.78, 5) is 16.7. The van der Waals surface area contributed by atoms with Gasteiger partial charge in [0.1, 0.15) is 0 Å². The van der Waals surface area contributed by atoms with Crippen LogP contribution in [0, 0.1) is 0 Å². The first kappa shape index (κ1) is 16.9. The largest absolute Gasteiger partial charge is 0.365 e. The third-order valence-corrected chi connectivity index (χ3v) is 5.44. The molecule has 0 radical (unpaired) electrons. The van der Waals surface area contributed by atoms with Crippen LogP contribution in [0.2, 0.25) is 0 Å². The Hall–Kier alpha value is -2.53. The lowest BCUT2D eigenvalue weighted by Gasteiger charge is -2.28. The summed E-state index contributed by atoms with van der Waals surface area (Å²) < 4.78 is 0. The van der Waals surface area contributed by atoms with E-state index in [4.69, 9.17) is 0 Å². The minimum Gasteiger partial charge on any atom is -0.365 e. The Morgan fingerprint density at radius 2 is 1.85 bits per heavy atom. The smallest absolute Gasteiger partial charge is 0.314 e. The van der Waals surface area contributed by atoms with Crippen molar-refractivity contribution in [2.24, 2.45) is 0 Å². The Morgan fingerprint density at radius 1 is 1.08 bits per heavy atom. The summed E-state index contributed by atoms with van der Waals surface area (Å²) >= 11 is 0. The number of carbonyl (C=O) groups is 1. The molecule has 26 heavy (non-hydrogen) atoms. The zero-order valence-electron chi connectivity index (χ0n) is 15.2. The molecule has 2 aliphatic heterocycles. The van der Waals surface area contributed by atoms with E-state index in [9.17, 15) is 4.79 Å². The van der Waals surface area contributed by atoms with Crippen molar-refractivity contribution in [3.8, 4) is 0 Å². The molecule has 2 aromatic rings. The molecule has 2 N–H and O–H groups in total. The number of nitrogens with one attached hydrogen (secondary N) is 2. The fraction of sp³-hybridized carbons (Fsp3) is 0.381. The maximum Gasteiger partial charge on any atom is 0.314 e. The lowest BCUT2D eigenvalue weighted by atomic mass is 10.1. The van der Waals surface area contributed by atoms with Crippen LogP contribution in [0.4, 0.5) is 10.5 Å². The van der Waals surface area contributed by atoms with Gasteiger partial charge in [-0.15, -0.1) is 0 Å². The fourth-order valence-electron chi connectivity index (χ4n) is 4.21. The minimum atomic E-state index is -0.0887. The van der Waals surface area contributed by atoms with Gasteiger partial charge in [-0.3, -0.25) is 4.90 Å². The first-order valence-electron chi connectivity index (χ1n) is 9.32. The predicted molar refractivity (Wildman–Crippen MR) is 104 cm³/mol. The van der Waals surface area contributed by atoms with Crippen LogP contribution in [-0.4, -0.2) is 43.2 Å². The van der Waals surface area contributed by atoms with Crippen LogP contribution in [-0.2, 0) is 13.1 Å². The maximum atomic E-state index is 11.7. The monoisotopic (exact) mass is 350 g/mol. The molecule has 0 aliphatic carbocycles. The van der Waals surface area contributed by atoms with Gasteiger partial charge < -0.3 is 15.5 Å². The Morgan fingerprint density at radius 3 is 2.65 bits per heavy atom. The van der Waals surface area contributed by atoms with Gasteiger partial charge in [0.05, 0.1) is 0 Å². The van der Waals surface area contributed by atoms with Crippen molar-refractivity contribution in [2.75, 3.05) is 25.0 Å². The van der Waals surface area contributed by atoms with Gasteiger partial charge in [0.25, 0.3) is 0 Å². The molecule has 0 spiro atoms. The van der Waals surface area contributed by atoms with Gasteiger partial charge in [-0.25, -0.2) is 4.79 Å². The molecule has 4 rings (SSSR count). The van der Waals surface area contributed by atoms with E-state index in [-0.39, 0.29) is 12.1 Å². The second kappa shape index (κ2) is 7.38. The van der Waals surface area contributed by atoms with Crippen LogP contribution in [0.15, 0.2) is 54.6 Å². The first-order chi connectivity index (χ1) is 12.7. The van der Waals surface area contributed by atoms with Crippen LogP contribution < -0.4 is 15.5 Å². The summed E-state index contributed by atoms with van der Waals surface area (Å²) in [7, 11) is 1.67. The van der Waals surface area contributed by atoms with Gasteiger partial charge in [0.2, 0.25) is 0 Å². The van der Waals surface area contributed by atoms with Crippen LogP contribution >= 0.6 is 0 Å². The molecule has 0 unspecified atom stereocenters. The molecule has 5 heteroatoms. The van der Waals surface area contributed by atoms with Gasteiger partial charge in [0, 0.05) is 51.0 Å². The van der Waals surface area contributed by atoms with E-state index in [1.807, 2.05) is 0 Å². The van der Waals surface area contributed by atoms with E-state index in [1.165, 1.54) is 16.8 Å². The second-order valence-electron chi connectivity index (χ2n) is 7.23. The third kappa shape index (κ3) is 3.53. The quantitative estimate of drug-likeness (QED) is 0.894. The number of nitrogens with zero attached hydrogens (tertiary/aromatic N) is 2. The zero-order valence-corrected chi connectivity index (χ0v) is 15.2. The van der Waals surface area contributed by atoms with E-state index < -0.39 is 0 Å². The molecule has 2 aliphatic rings. The van der Waals surface area contributed by atoms with E-state index >= 15 is 0 Å². The number of hydrogen-bond acceptors (Lipinski definition) is 3. The highest BCUT2D eigenvalue weighted by atomic mass is 16.2. The summed E-state index contributed by atoms with van der Waals surface area (Å²) in [5.74, 6) is 0. The number of para-hydroxylation sites is 1. The number of amides is 2. The lowest BCUT2D eigenvalue weighted by molar-refractivity contribution is 0.236. The van der Waals surface area contributed by atoms with E-state index in [1.54, 1.807) is 7.05 Å². The van der Waals surface area contributed by atoms with E-state index in [0.29, 0.717) is 6.04 Å². The molecule has 0 bridgehead atoms. The molecule has 2 aromatic carbocycles. The Labute approximate surface area is 155 Å². The van der Waals surface area contributed by atoms with Crippen LogP contribution in [0.25, 0.3) is 0 Å². The lowest BCUT2D eigenvalue weighted by Crippen LogP contribution is -2.41. The fourth-order valence-corrected chi connectivity index (χ4v) is 4.21. The molecule has 1 fully saturated rings. The highest BCUT2D eigenvalue weighted by Gasteiger charge is 2.36. The Balaban J connectivity index is 1.56. The van der Waals surface area contributed by atoms with Gasteiger partial charge in [-0.2, -0.15) is 0 Å². The molecule has 5 nitrogen and oxygen atoms in total. The summed E-state index contributed by atoms with van der Waals surface area (Å²) in [5, 5.41) is 5.75. The molecule has 2 heterocycles. The minimum absolute atomic E-state index is 0.0887. The Bertz CT molecular complexity index is 764. The van der Waals surface area contributed by atoms with Gasteiger partial charge in [-0.1, -0.05) is 48.5 Å². The molecule has 2 atom stereocenters. The number of hydrogen-bond donors (Lipinski definition) is 2. The van der Waals surface area contributed by atoms with Crippen LogP contribution in [0.5, 0.6) is 0 Å². The molecule has 136 valence electrons. The normalized spacial score (nSPS) is 22.3. The van der Waals surface area contributed by atoms with E-state index in [0.717, 1.165) is 32.6 Å². The number of fused-ring (bicyclic) bond motifs is 2. The SMILES string of the molecule is CNC(=O)N[C@H]1C[C@H]2CN(Cc3ccccc3)c3ccccc3CN2C1. The van der Waals surface area contributed by atoms with Gasteiger partial charge in [0.15, 0.2) is 0 Å². The van der Waals surface area contributed by atoms with Crippen LogP contribution in [0.1, 0.15) is 17.5 Å². The maximum absolute atomic E-state index is 11.7. The van der Waals surface area contributed by atoms with Crippen molar-refractivity contribution < 1.29 is 4.79 Å². The van der Waals surface area contributed by atoms with Crippen molar-refractivity contribution in [3.05, 3.63) is 65.7 Å². The first-order valence-corrected chi connectivity index (χ1v) is 9.32. The molecule has 0 saturated carbocycles. The van der Waals surface area contributed by atoms with Gasteiger partial charge in [-0.05, 0) is 23.6 Å². The molecule has 1 saturated heterocycles. The van der Waals surface area contributed by atoms with Crippen molar-refractivity contribution in [3.63, 3.8) is 0 Å². The number of anilines is 1. The number of rotatable bonds is 3. The predicted octanol–water partition coefficient (Wildman–Crippen LogP) is 2.58. The average molecular weight is 350 g/mol. The summed E-state index contributed by atoms with van der Waals surface area (Å²) in [6.07, 6.45) is 0.993. The molecule has 2 amide bonds. The number of benzene rings is 2. The summed E-state index contributed by atoms with van der Waals surface area (Å²) in [6.45, 7) is 3.75. The van der Waals surface area contributed by atoms with Gasteiger partial charge >= 0.3 is 6.03 Å².